The van der Waals surface area contributed by atoms with Gasteiger partial charge < -0.3 is 9.26 Å². The Hall–Kier alpha value is -1.76. The molecule has 86 valence electrons. The topological polar surface area (TPSA) is 89.7 Å². The Labute approximate surface area is 92.2 Å². The van der Waals surface area contributed by atoms with Crippen molar-refractivity contribution in [2.75, 3.05) is 7.11 Å². The summed E-state index contributed by atoms with van der Waals surface area (Å²) in [6.45, 7) is 1.99. The maximum atomic E-state index is 5.13. The van der Waals surface area contributed by atoms with Gasteiger partial charge in [-0.15, -0.1) is 0 Å². The highest BCUT2D eigenvalue weighted by Crippen LogP contribution is 2.11. The number of rotatable bonds is 5. The van der Waals surface area contributed by atoms with E-state index in [1.807, 2.05) is 6.92 Å². The summed E-state index contributed by atoms with van der Waals surface area (Å²) in [4.78, 5) is 8.13. The van der Waals surface area contributed by atoms with E-state index in [9.17, 15) is 0 Å². The van der Waals surface area contributed by atoms with Crippen LogP contribution in [0.15, 0.2) is 10.9 Å². The highest BCUT2D eigenvalue weighted by Gasteiger charge is 2.11. The molecule has 0 saturated heterocycles. The van der Waals surface area contributed by atoms with Crippen LogP contribution in [-0.4, -0.2) is 38.5 Å². The van der Waals surface area contributed by atoms with Crippen molar-refractivity contribution in [3.63, 3.8) is 0 Å². The van der Waals surface area contributed by atoms with Crippen molar-refractivity contribution in [3.8, 4) is 11.6 Å². The van der Waals surface area contributed by atoms with Crippen LogP contribution in [-0.2, 0) is 11.2 Å². The molecule has 0 bridgehead atoms. The van der Waals surface area contributed by atoms with Crippen LogP contribution in [0.5, 0.6) is 0 Å². The first-order chi connectivity index (χ1) is 7.79. The molecule has 2 rings (SSSR count). The first-order valence-corrected chi connectivity index (χ1v) is 5.00. The predicted octanol–water partition coefficient (Wildman–Crippen LogP) is 0.822. The minimum Gasteiger partial charge on any atom is -0.382 e. The van der Waals surface area contributed by atoms with Crippen LogP contribution in [0.25, 0.3) is 11.6 Å². The van der Waals surface area contributed by atoms with Gasteiger partial charge in [0.2, 0.25) is 11.7 Å². The Morgan fingerprint density at radius 3 is 3.12 bits per heavy atom. The Morgan fingerprint density at radius 1 is 1.56 bits per heavy atom. The van der Waals surface area contributed by atoms with Gasteiger partial charge in [0.25, 0.3) is 0 Å². The Balaban J connectivity index is 1.98. The molecule has 0 fully saturated rings. The van der Waals surface area contributed by atoms with Crippen LogP contribution in [0, 0.1) is 0 Å². The third-order valence-electron chi connectivity index (χ3n) is 2.26. The number of aryl methyl sites for hydroxylation is 1. The quantitative estimate of drug-likeness (QED) is 0.807. The van der Waals surface area contributed by atoms with Gasteiger partial charge in [-0.25, -0.2) is 4.98 Å². The summed E-state index contributed by atoms with van der Waals surface area (Å²) in [6, 6.07) is 0. The van der Waals surface area contributed by atoms with Gasteiger partial charge in [0, 0.05) is 13.5 Å². The van der Waals surface area contributed by atoms with Crippen molar-refractivity contribution < 1.29 is 9.26 Å². The number of aromatic nitrogens is 5. The molecule has 16 heavy (non-hydrogen) atoms. The molecule has 2 aromatic heterocycles. The number of H-pyrrole nitrogens is 1. The summed E-state index contributed by atoms with van der Waals surface area (Å²) in [5, 5.41) is 10.2. The van der Waals surface area contributed by atoms with Gasteiger partial charge in [0.1, 0.15) is 6.33 Å². The molecule has 0 spiro atoms. The molecule has 1 unspecified atom stereocenters. The molecule has 7 nitrogen and oxygen atoms in total. The van der Waals surface area contributed by atoms with Gasteiger partial charge in [-0.3, -0.25) is 5.10 Å². The summed E-state index contributed by atoms with van der Waals surface area (Å²) in [6.07, 6.45) is 3.11. The van der Waals surface area contributed by atoms with E-state index in [0.717, 1.165) is 6.42 Å². The minimum atomic E-state index is 0.181. The molecule has 0 aliphatic rings. The number of methoxy groups -OCH3 is 1. The first-order valence-electron chi connectivity index (χ1n) is 5.00. The predicted molar refractivity (Wildman–Crippen MR) is 54.5 cm³/mol. The van der Waals surface area contributed by atoms with Crippen molar-refractivity contribution in [3.05, 3.63) is 12.2 Å². The molecule has 2 aromatic rings. The van der Waals surface area contributed by atoms with Crippen molar-refractivity contribution in [2.45, 2.75) is 25.9 Å². The summed E-state index contributed by atoms with van der Waals surface area (Å²) in [5.74, 6) is 1.52. The van der Waals surface area contributed by atoms with Gasteiger partial charge in [0.15, 0.2) is 5.82 Å². The number of ether oxygens (including phenoxy) is 1. The van der Waals surface area contributed by atoms with Crippen LogP contribution in [0.3, 0.4) is 0 Å². The number of hydrogen-bond acceptors (Lipinski definition) is 6. The molecule has 2 heterocycles. The van der Waals surface area contributed by atoms with E-state index in [-0.39, 0.29) is 6.10 Å². The van der Waals surface area contributed by atoms with Gasteiger partial charge in [-0.2, -0.15) is 10.1 Å². The van der Waals surface area contributed by atoms with Crippen LogP contribution >= 0.6 is 0 Å². The fourth-order valence-corrected chi connectivity index (χ4v) is 1.21. The van der Waals surface area contributed by atoms with Crippen molar-refractivity contribution in [1.29, 1.82) is 0 Å². The standard InChI is InChI=1S/C9H13N5O2/c1-6(15-2)3-4-7-12-9(14-16-7)8-10-5-11-13-8/h5-6H,3-4H2,1-2H3,(H,10,11,13). The lowest BCUT2D eigenvalue weighted by Gasteiger charge is -2.05. The molecule has 0 radical (unpaired) electrons. The molecular weight excluding hydrogens is 210 g/mol. The van der Waals surface area contributed by atoms with Crippen LogP contribution in [0.2, 0.25) is 0 Å². The lowest BCUT2D eigenvalue weighted by Crippen LogP contribution is -2.05. The average Bonchev–Trinajstić information content (AvgIpc) is 2.95. The van der Waals surface area contributed by atoms with E-state index in [2.05, 4.69) is 25.3 Å². The SMILES string of the molecule is COC(C)CCc1nc(-c2ncn[nH]2)no1. The monoisotopic (exact) mass is 223 g/mol. The third-order valence-corrected chi connectivity index (χ3v) is 2.26. The Bertz CT molecular complexity index is 425. The van der Waals surface area contributed by atoms with Crippen molar-refractivity contribution in [2.24, 2.45) is 0 Å². The molecule has 0 amide bonds. The average molecular weight is 223 g/mol. The highest BCUT2D eigenvalue weighted by molar-refractivity contribution is 5.39. The fourth-order valence-electron chi connectivity index (χ4n) is 1.21. The van der Waals surface area contributed by atoms with E-state index in [1.54, 1.807) is 7.11 Å². The molecule has 0 saturated carbocycles. The number of nitrogens with zero attached hydrogens (tertiary/aromatic N) is 4. The highest BCUT2D eigenvalue weighted by atomic mass is 16.5. The molecular formula is C9H13N5O2. The third kappa shape index (κ3) is 2.43. The Morgan fingerprint density at radius 2 is 2.44 bits per heavy atom. The van der Waals surface area contributed by atoms with Crippen LogP contribution in [0.4, 0.5) is 0 Å². The minimum absolute atomic E-state index is 0.181. The summed E-state index contributed by atoms with van der Waals surface area (Å²) in [7, 11) is 1.68. The van der Waals surface area contributed by atoms with E-state index in [4.69, 9.17) is 9.26 Å². The lowest BCUT2D eigenvalue weighted by atomic mass is 10.2. The first kappa shape index (κ1) is 10.7. The zero-order valence-electron chi connectivity index (χ0n) is 9.17. The number of aromatic amines is 1. The van der Waals surface area contributed by atoms with Crippen LogP contribution < -0.4 is 0 Å². The number of hydrogen-bond donors (Lipinski definition) is 1. The maximum Gasteiger partial charge on any atom is 0.239 e. The largest absolute Gasteiger partial charge is 0.382 e. The van der Waals surface area contributed by atoms with Crippen LogP contribution in [0.1, 0.15) is 19.2 Å². The van der Waals surface area contributed by atoms with Gasteiger partial charge in [0.05, 0.1) is 6.10 Å². The summed E-state index contributed by atoms with van der Waals surface area (Å²) < 4.78 is 10.2. The van der Waals surface area contributed by atoms with E-state index >= 15 is 0 Å². The van der Waals surface area contributed by atoms with Crippen molar-refractivity contribution >= 4 is 0 Å². The van der Waals surface area contributed by atoms with E-state index in [1.165, 1.54) is 6.33 Å². The molecule has 0 aliphatic carbocycles. The van der Waals surface area contributed by atoms with Gasteiger partial charge in [-0.05, 0) is 13.3 Å². The Kier molecular flexibility index (Phi) is 3.25. The zero-order chi connectivity index (χ0) is 11.4. The molecule has 1 atom stereocenters. The van der Waals surface area contributed by atoms with Gasteiger partial charge in [-0.1, -0.05) is 5.16 Å². The zero-order valence-corrected chi connectivity index (χ0v) is 9.17. The number of nitrogens with one attached hydrogen (secondary N) is 1. The molecule has 0 aliphatic heterocycles. The lowest BCUT2D eigenvalue weighted by molar-refractivity contribution is 0.109. The molecule has 1 N–H and O–H groups in total. The molecule has 0 aromatic carbocycles. The normalized spacial score (nSPS) is 12.9. The fraction of sp³-hybridized carbons (Fsp3) is 0.556. The van der Waals surface area contributed by atoms with Crippen molar-refractivity contribution in [1.82, 2.24) is 25.3 Å². The second-order valence-electron chi connectivity index (χ2n) is 3.43. The summed E-state index contributed by atoms with van der Waals surface area (Å²) in [5.41, 5.74) is 0. The second-order valence-corrected chi connectivity index (χ2v) is 3.43. The van der Waals surface area contributed by atoms with E-state index in [0.29, 0.717) is 24.0 Å². The smallest absolute Gasteiger partial charge is 0.239 e. The molecule has 7 heteroatoms. The van der Waals surface area contributed by atoms with E-state index < -0.39 is 0 Å². The maximum absolute atomic E-state index is 5.13. The van der Waals surface area contributed by atoms with Gasteiger partial charge >= 0.3 is 0 Å². The second kappa shape index (κ2) is 4.84. The summed E-state index contributed by atoms with van der Waals surface area (Å²) >= 11 is 0.